The molecule has 3 aliphatic rings. The molecule has 3 aromatic heterocycles. The number of carbonyl (C=O) groups excluding carboxylic acids is 1. The van der Waals surface area contributed by atoms with E-state index in [4.69, 9.17) is 88.6 Å². The number of carboxylic acid groups (broad SMARTS) is 2. The van der Waals surface area contributed by atoms with Crippen LogP contribution in [0.1, 0.15) is 111 Å². The number of anilines is 3. The summed E-state index contributed by atoms with van der Waals surface area (Å²) in [6.07, 6.45) is 3.46. The Morgan fingerprint density at radius 3 is 1.19 bits per heavy atom. The molecule has 84 heavy (non-hydrogen) atoms. The molecular formula is C57H68Br2Cl6FLiN3NaO10S3. The van der Waals surface area contributed by atoms with Crippen molar-refractivity contribution in [2.24, 2.45) is 0 Å². The fraction of sp³-hybridized carbons (Fsp3) is 0.404. The standard InChI is InChI=1S/C18H18BrCl2NO3S.C16H14BrCl2NO3S.C16H14Cl2FNO3S.C4H9.3CH4.Li.Na.H2O/c1-2-25-18(23)16-12(9-11-3-4-13(20)14(21)10-11)15(19)17(26-16)22-5-7-24-8-6-22;17-13-10(7-9-1-2-11(18)12(19)8-9)14(16(21)22)24-15(13)20-3-5-23-6-4-20;17-11-2-1-9(8-12(11)18)7-10-13(19)15(24-14(10)16(21)22)20-3-5-23-6-4-20;1-3-4-2;;;;;;/h3-4,10H,2,5-9H2,1H3;2*1-2,8H,3-7H2,(H,21,22);1,3-4H2,2H3;3*1H4;;;1H2/q;;;-1;;;;2*+1;/p-1. The van der Waals surface area contributed by atoms with Crippen LogP contribution in [0.2, 0.25) is 30.1 Å². The Hall–Kier alpha value is -1.36. The summed E-state index contributed by atoms with van der Waals surface area (Å²) in [6.45, 7) is 15.7. The third-order valence-corrected chi connectivity index (χ3v) is 20.2. The number of benzene rings is 3. The van der Waals surface area contributed by atoms with Crippen molar-refractivity contribution < 1.29 is 102 Å². The van der Waals surface area contributed by atoms with Crippen molar-refractivity contribution in [3.05, 3.63) is 154 Å². The van der Waals surface area contributed by atoms with Crippen LogP contribution in [0.5, 0.6) is 0 Å². The second kappa shape index (κ2) is 41.1. The first kappa shape index (κ1) is 82.6. The van der Waals surface area contributed by atoms with E-state index in [2.05, 4.69) is 55.5 Å². The number of unbranched alkanes of at least 4 members (excludes halogenated alkanes) is 1. The second-order valence-corrected chi connectivity index (χ2v) is 24.4. The van der Waals surface area contributed by atoms with Gasteiger partial charge in [0.1, 0.15) is 29.6 Å². The molecule has 3 N–H and O–H groups in total. The molecule has 0 bridgehead atoms. The minimum absolute atomic E-state index is 0. The normalized spacial score (nSPS) is 13.4. The van der Waals surface area contributed by atoms with Gasteiger partial charge in [-0.2, -0.15) is 6.42 Å². The van der Waals surface area contributed by atoms with E-state index < -0.39 is 17.8 Å². The molecule has 0 aliphatic carbocycles. The van der Waals surface area contributed by atoms with E-state index in [9.17, 15) is 29.0 Å². The third kappa shape index (κ3) is 22.8. The Morgan fingerprint density at radius 1 is 0.571 bits per heavy atom. The van der Waals surface area contributed by atoms with E-state index >= 15 is 0 Å². The molecular weight excluding hydrogens is 1400 g/mol. The number of nitrogens with zero attached hydrogens (tertiary/aromatic N) is 3. The largest absolute Gasteiger partial charge is 1.00 e. The maximum absolute atomic E-state index is 14.9. The predicted molar refractivity (Wildman–Crippen MR) is 347 cm³/mol. The molecule has 0 spiro atoms. The van der Waals surface area contributed by atoms with E-state index in [1.807, 2.05) is 30.0 Å². The number of morpholine rings is 3. The van der Waals surface area contributed by atoms with Gasteiger partial charge in [-0.3, -0.25) is 0 Å². The van der Waals surface area contributed by atoms with Crippen LogP contribution in [0.4, 0.5) is 19.4 Å². The van der Waals surface area contributed by atoms with Gasteiger partial charge < -0.3 is 56.3 Å². The van der Waals surface area contributed by atoms with Crippen molar-refractivity contribution in [3.63, 3.8) is 0 Å². The Kier molecular flexibility index (Phi) is 40.4. The summed E-state index contributed by atoms with van der Waals surface area (Å²) in [5, 5.41) is 24.1. The molecule has 9 rings (SSSR count). The number of rotatable bonds is 14. The molecule has 454 valence electrons. The monoisotopic (exact) mass is 1470 g/mol. The van der Waals surface area contributed by atoms with Gasteiger partial charge in [-0.1, -0.05) is 123 Å². The molecule has 0 unspecified atom stereocenters. The minimum atomic E-state index is -1.13. The molecule has 0 atom stereocenters. The van der Waals surface area contributed by atoms with Crippen LogP contribution in [0.15, 0.2) is 63.5 Å². The Balaban J connectivity index is 0.00000115. The fourth-order valence-corrected chi connectivity index (χ4v) is 14.2. The van der Waals surface area contributed by atoms with Crippen LogP contribution in [0.3, 0.4) is 0 Å². The average molecular weight is 1470 g/mol. The summed E-state index contributed by atoms with van der Waals surface area (Å²) in [4.78, 5) is 42.9. The summed E-state index contributed by atoms with van der Waals surface area (Å²) in [5.74, 6) is -2.83. The van der Waals surface area contributed by atoms with Gasteiger partial charge in [-0.15, -0.1) is 34.0 Å². The summed E-state index contributed by atoms with van der Waals surface area (Å²) in [6, 6.07) is 15.8. The van der Waals surface area contributed by atoms with E-state index in [-0.39, 0.29) is 99.0 Å². The van der Waals surface area contributed by atoms with Gasteiger partial charge in [0.25, 0.3) is 0 Å². The van der Waals surface area contributed by atoms with Crippen molar-refractivity contribution in [2.75, 3.05) is 100 Å². The van der Waals surface area contributed by atoms with Crippen molar-refractivity contribution in [2.45, 2.75) is 68.2 Å². The number of carbonyl (C=O) groups is 3. The van der Waals surface area contributed by atoms with Crippen molar-refractivity contribution in [1.29, 1.82) is 0 Å². The predicted octanol–water partition coefficient (Wildman–Crippen LogP) is 12.0. The first-order valence-corrected chi connectivity index (χ1v) is 30.8. The number of hydrogen-bond acceptors (Lipinski definition) is 14. The number of ether oxygens (including phenoxy) is 4. The molecule has 0 amide bonds. The molecule has 0 radical (unpaired) electrons. The van der Waals surface area contributed by atoms with Crippen molar-refractivity contribution >= 4 is 168 Å². The maximum Gasteiger partial charge on any atom is 1.00 e. The molecule has 13 nitrogen and oxygen atoms in total. The number of aromatic carboxylic acids is 2. The Bertz CT molecular complexity index is 2910. The van der Waals surface area contributed by atoms with Crippen LogP contribution in [0, 0.1) is 12.7 Å². The molecule has 0 saturated carbocycles. The minimum Gasteiger partial charge on any atom is -0.870 e. The van der Waals surface area contributed by atoms with Crippen LogP contribution in [-0.4, -0.2) is 119 Å². The van der Waals surface area contributed by atoms with Crippen molar-refractivity contribution in [3.8, 4) is 0 Å². The van der Waals surface area contributed by atoms with E-state index in [0.29, 0.717) is 123 Å². The SMILES string of the molecule is C.C.C.CCOC(=O)c1sc(N2CCOCC2)c(Br)c1Cc1ccc(Cl)c(Cl)c1.O=C(O)c1sc(N2CCOCC2)c(Br)c1Cc1ccc(Cl)c(Cl)c1.O=C(O)c1sc(N2CCOCC2)c(F)c1Cc1ccc(Cl)c(Cl)c1.[CH2-]CCC.[Li+].[Na+].[OH-]. The Morgan fingerprint density at radius 2 is 0.869 bits per heavy atom. The fourth-order valence-electron chi connectivity index (χ4n) is 7.95. The summed E-state index contributed by atoms with van der Waals surface area (Å²) in [5.41, 5.74) is 4.45. The number of thiophene rings is 3. The van der Waals surface area contributed by atoms with Gasteiger partial charge in [0.15, 0.2) is 5.82 Å². The van der Waals surface area contributed by atoms with Gasteiger partial charge in [0.2, 0.25) is 0 Å². The van der Waals surface area contributed by atoms with Gasteiger partial charge >= 0.3 is 66.3 Å². The molecule has 6 heterocycles. The zero-order valence-corrected chi connectivity index (χ0v) is 57.0. The van der Waals surface area contributed by atoms with Crippen molar-refractivity contribution in [1.82, 2.24) is 0 Å². The molecule has 3 saturated heterocycles. The smallest absolute Gasteiger partial charge is 0.870 e. The van der Waals surface area contributed by atoms with Crippen LogP contribution in [-0.2, 0) is 38.2 Å². The zero-order valence-electron chi connectivity index (χ0n) is 44.8. The first-order valence-electron chi connectivity index (χ1n) is 24.5. The van der Waals surface area contributed by atoms with Gasteiger partial charge in [0, 0.05) is 64.1 Å². The van der Waals surface area contributed by atoms with Gasteiger partial charge in [-0.05, 0) is 103 Å². The molecule has 3 aliphatic heterocycles. The zero-order chi connectivity index (χ0) is 56.6. The average Bonchev–Trinajstić information content (AvgIpc) is 4.27. The number of halogens is 9. The Labute approximate surface area is 586 Å². The van der Waals surface area contributed by atoms with Crippen LogP contribution < -0.4 is 63.1 Å². The topological polar surface area (TPSA) is 168 Å². The van der Waals surface area contributed by atoms with Gasteiger partial charge in [-0.25, -0.2) is 18.8 Å². The number of hydrogen-bond donors (Lipinski definition) is 2. The number of esters is 1. The van der Waals surface area contributed by atoms with E-state index in [1.165, 1.54) is 29.1 Å². The first-order chi connectivity index (χ1) is 37.4. The molecule has 3 fully saturated rings. The van der Waals surface area contributed by atoms with Crippen LogP contribution >= 0.6 is 135 Å². The van der Waals surface area contributed by atoms with E-state index in [0.717, 1.165) is 85.1 Å². The molecule has 27 heteroatoms. The van der Waals surface area contributed by atoms with Gasteiger partial charge in [0.05, 0.1) is 85.3 Å². The number of carboxylic acids is 2. The molecule has 6 aromatic rings. The maximum atomic E-state index is 14.9. The van der Waals surface area contributed by atoms with Crippen LogP contribution in [0.25, 0.3) is 0 Å². The summed E-state index contributed by atoms with van der Waals surface area (Å²) in [7, 11) is 0. The second-order valence-electron chi connectivity index (χ2n) is 17.3. The summed E-state index contributed by atoms with van der Waals surface area (Å²) >= 11 is 47.1. The third-order valence-electron chi connectivity index (χ3n) is 12.0. The summed E-state index contributed by atoms with van der Waals surface area (Å²) < 4.78 is 38.0. The molecule has 3 aromatic carbocycles. The quantitative estimate of drug-likeness (QED) is 0.0601. The van der Waals surface area contributed by atoms with E-state index in [1.54, 1.807) is 36.4 Å².